The molecule has 0 N–H and O–H groups in total. The molecule has 4 rings (SSSR count). The van der Waals surface area contributed by atoms with Gasteiger partial charge < -0.3 is 12.4 Å². The molecule has 0 heterocycles. The minimum atomic E-state index is -1.92. The van der Waals surface area contributed by atoms with Crippen molar-refractivity contribution in [1.82, 2.24) is 0 Å². The van der Waals surface area contributed by atoms with E-state index in [1.54, 1.807) is 0 Å². The quantitative estimate of drug-likeness (QED) is 0.394. The molecule has 0 fully saturated rings. The normalized spacial score (nSPS) is 11.1. The molecule has 0 nitrogen and oxygen atoms in total. The summed E-state index contributed by atoms with van der Waals surface area (Å²) in [6.07, 6.45) is 0.961. The molecule has 0 spiro atoms. The summed E-state index contributed by atoms with van der Waals surface area (Å²) in [6.45, 7) is 6.49. The maximum absolute atomic E-state index is 6.73. The standard InChI is InChI=1S/C28H27ClP.ClH/c1-21-19-22(2)28(29)23(3)27(21)20-30(24-13-7-4-8-14-24,25-15-9-5-10-16-25)26-17-11-6-12-18-26;/h4-19H,20H2,1-3H3;1H/q+1;/p-1. The van der Waals surface area contributed by atoms with E-state index in [2.05, 4.69) is 118 Å². The van der Waals surface area contributed by atoms with Gasteiger partial charge in [-0.15, -0.1) is 0 Å². The van der Waals surface area contributed by atoms with Crippen molar-refractivity contribution in [2.24, 2.45) is 0 Å². The topological polar surface area (TPSA) is 0 Å². The largest absolute Gasteiger partial charge is 1.00 e. The van der Waals surface area contributed by atoms with Crippen LogP contribution in [0.15, 0.2) is 97.1 Å². The van der Waals surface area contributed by atoms with Gasteiger partial charge in [0.2, 0.25) is 0 Å². The highest BCUT2D eigenvalue weighted by Crippen LogP contribution is 2.59. The first-order valence-corrected chi connectivity index (χ1v) is 12.7. The van der Waals surface area contributed by atoms with E-state index < -0.39 is 7.26 Å². The van der Waals surface area contributed by atoms with E-state index in [0.29, 0.717) is 0 Å². The Morgan fingerprint density at radius 2 is 1.00 bits per heavy atom. The van der Waals surface area contributed by atoms with Crippen molar-refractivity contribution in [1.29, 1.82) is 0 Å². The number of rotatable bonds is 5. The van der Waals surface area contributed by atoms with Gasteiger partial charge in [0.05, 0.1) is 6.16 Å². The highest BCUT2D eigenvalue weighted by molar-refractivity contribution is 7.95. The minimum absolute atomic E-state index is 0. The Bertz CT molecular complexity index is 1040. The average molecular weight is 465 g/mol. The summed E-state index contributed by atoms with van der Waals surface area (Å²) in [6, 6.07) is 35.3. The molecule has 0 saturated carbocycles. The predicted octanol–water partition coefficient (Wildman–Crippen LogP) is 3.76. The number of halogens is 2. The van der Waals surface area contributed by atoms with E-state index in [0.717, 1.165) is 16.7 Å². The summed E-state index contributed by atoms with van der Waals surface area (Å²) < 4.78 is 0. The lowest BCUT2D eigenvalue weighted by atomic mass is 10.0. The molecule has 0 amide bonds. The van der Waals surface area contributed by atoms with Gasteiger partial charge in [-0.05, 0) is 79.4 Å². The van der Waals surface area contributed by atoms with Crippen LogP contribution in [-0.2, 0) is 6.16 Å². The van der Waals surface area contributed by atoms with E-state index >= 15 is 0 Å². The molecule has 0 unspecified atom stereocenters. The number of hydrogen-bond acceptors (Lipinski definition) is 0. The van der Waals surface area contributed by atoms with Gasteiger partial charge in [-0.2, -0.15) is 0 Å². The van der Waals surface area contributed by atoms with Gasteiger partial charge in [0.1, 0.15) is 23.2 Å². The fourth-order valence-corrected chi connectivity index (χ4v) is 9.06. The Kier molecular flexibility index (Phi) is 7.60. The molecule has 0 atom stereocenters. The maximum atomic E-state index is 6.73. The lowest BCUT2D eigenvalue weighted by Crippen LogP contribution is -3.00. The third kappa shape index (κ3) is 4.44. The first-order valence-electron chi connectivity index (χ1n) is 10.3. The molecular weight excluding hydrogens is 438 g/mol. The molecule has 158 valence electrons. The third-order valence-electron chi connectivity index (χ3n) is 6.02. The van der Waals surface area contributed by atoms with Crippen molar-refractivity contribution in [3.63, 3.8) is 0 Å². The van der Waals surface area contributed by atoms with E-state index in [4.69, 9.17) is 11.6 Å². The van der Waals surface area contributed by atoms with Crippen LogP contribution in [0.2, 0.25) is 5.02 Å². The Hall–Kier alpha value is -2.11. The van der Waals surface area contributed by atoms with Crippen LogP contribution in [0, 0.1) is 20.8 Å². The van der Waals surface area contributed by atoms with Gasteiger partial charge in [-0.25, -0.2) is 0 Å². The first kappa shape index (κ1) is 23.6. The molecule has 0 aliphatic carbocycles. The van der Waals surface area contributed by atoms with E-state index in [1.165, 1.54) is 32.6 Å². The van der Waals surface area contributed by atoms with Gasteiger partial charge in [0.25, 0.3) is 0 Å². The molecule has 0 bridgehead atoms. The van der Waals surface area contributed by atoms with Crippen molar-refractivity contribution >= 4 is 34.8 Å². The molecule has 0 saturated heterocycles. The van der Waals surface area contributed by atoms with Crippen LogP contribution in [0.5, 0.6) is 0 Å². The summed E-state index contributed by atoms with van der Waals surface area (Å²) in [5, 5.41) is 5.09. The van der Waals surface area contributed by atoms with Gasteiger partial charge in [-0.1, -0.05) is 72.3 Å². The highest BCUT2D eigenvalue weighted by Gasteiger charge is 2.46. The zero-order chi connectivity index (χ0) is 21.1. The summed E-state index contributed by atoms with van der Waals surface area (Å²) in [5.74, 6) is 0. The van der Waals surface area contributed by atoms with E-state index in [1.807, 2.05) is 0 Å². The van der Waals surface area contributed by atoms with Crippen molar-refractivity contribution in [2.45, 2.75) is 26.9 Å². The Morgan fingerprint density at radius 1 is 0.613 bits per heavy atom. The third-order valence-corrected chi connectivity index (χ3v) is 10.9. The second-order valence-corrected chi connectivity index (χ2v) is 11.8. The summed E-state index contributed by atoms with van der Waals surface area (Å²) in [7, 11) is -1.92. The summed E-state index contributed by atoms with van der Waals surface area (Å²) >= 11 is 6.73. The zero-order valence-electron chi connectivity index (χ0n) is 18.1. The molecule has 3 heteroatoms. The Balaban J connectivity index is 0.00000272. The van der Waals surface area contributed by atoms with Crippen LogP contribution >= 0.6 is 18.9 Å². The fraction of sp³-hybridized carbons (Fsp3) is 0.143. The van der Waals surface area contributed by atoms with E-state index in [-0.39, 0.29) is 12.4 Å². The number of aryl methyl sites for hydroxylation is 2. The van der Waals surface area contributed by atoms with Crippen LogP contribution < -0.4 is 28.3 Å². The lowest BCUT2D eigenvalue weighted by Gasteiger charge is -2.29. The van der Waals surface area contributed by atoms with Crippen LogP contribution in [-0.4, -0.2) is 0 Å². The Morgan fingerprint density at radius 3 is 1.39 bits per heavy atom. The molecular formula is C28H27Cl2P. The lowest BCUT2D eigenvalue weighted by molar-refractivity contribution is -0.00000597. The van der Waals surface area contributed by atoms with Crippen molar-refractivity contribution in [3.8, 4) is 0 Å². The van der Waals surface area contributed by atoms with Gasteiger partial charge in [0, 0.05) is 5.02 Å². The fourth-order valence-electron chi connectivity index (χ4n) is 4.45. The smallest absolute Gasteiger partial charge is 0.116 e. The number of benzene rings is 4. The zero-order valence-corrected chi connectivity index (χ0v) is 20.6. The molecule has 4 aromatic carbocycles. The van der Waals surface area contributed by atoms with Crippen LogP contribution in [0.3, 0.4) is 0 Å². The monoisotopic (exact) mass is 464 g/mol. The van der Waals surface area contributed by atoms with Gasteiger partial charge >= 0.3 is 0 Å². The second kappa shape index (κ2) is 10.0. The van der Waals surface area contributed by atoms with Gasteiger partial charge in [-0.3, -0.25) is 0 Å². The average Bonchev–Trinajstić information content (AvgIpc) is 2.80. The second-order valence-electron chi connectivity index (χ2n) is 7.90. The van der Waals surface area contributed by atoms with Crippen LogP contribution in [0.1, 0.15) is 22.3 Å². The Labute approximate surface area is 198 Å². The van der Waals surface area contributed by atoms with Gasteiger partial charge in [0.15, 0.2) is 0 Å². The SMILES string of the molecule is Cc1cc(C)c(C[P+](c2ccccc2)(c2ccccc2)c2ccccc2)c(C)c1Cl.[Cl-]. The molecule has 31 heavy (non-hydrogen) atoms. The van der Waals surface area contributed by atoms with E-state index in [9.17, 15) is 0 Å². The first-order chi connectivity index (χ1) is 14.5. The number of hydrogen-bond donors (Lipinski definition) is 0. The summed E-state index contributed by atoms with van der Waals surface area (Å²) in [4.78, 5) is 0. The molecule has 4 aromatic rings. The predicted molar refractivity (Wildman–Crippen MR) is 135 cm³/mol. The molecule has 0 aliphatic rings. The maximum Gasteiger partial charge on any atom is 0.116 e. The molecule has 0 radical (unpaired) electrons. The van der Waals surface area contributed by atoms with Crippen LogP contribution in [0.25, 0.3) is 0 Å². The molecule has 0 aliphatic heterocycles. The summed E-state index contributed by atoms with van der Waals surface area (Å²) in [5.41, 5.74) is 5.05. The highest BCUT2D eigenvalue weighted by atomic mass is 35.5. The van der Waals surface area contributed by atoms with Crippen molar-refractivity contribution in [2.75, 3.05) is 0 Å². The minimum Gasteiger partial charge on any atom is -1.00 e. The molecule has 0 aromatic heterocycles. The van der Waals surface area contributed by atoms with Crippen LogP contribution in [0.4, 0.5) is 0 Å². The van der Waals surface area contributed by atoms with Crippen molar-refractivity contribution in [3.05, 3.63) is 124 Å². The van der Waals surface area contributed by atoms with Crippen molar-refractivity contribution < 1.29 is 12.4 Å².